The van der Waals surface area contributed by atoms with Crippen LogP contribution in [0.15, 0.2) is 24.3 Å². The molecule has 1 unspecified atom stereocenters. The van der Waals surface area contributed by atoms with Gasteiger partial charge in [-0.05, 0) is 37.1 Å². The van der Waals surface area contributed by atoms with Gasteiger partial charge in [0, 0.05) is 32.4 Å². The molecule has 19 heavy (non-hydrogen) atoms. The molecule has 0 aliphatic carbocycles. The van der Waals surface area contributed by atoms with Crippen molar-refractivity contribution < 1.29 is 4.74 Å². The van der Waals surface area contributed by atoms with Crippen LogP contribution in [-0.2, 0) is 11.2 Å². The zero-order chi connectivity index (χ0) is 14.1. The van der Waals surface area contributed by atoms with Crippen molar-refractivity contribution in [1.82, 2.24) is 5.32 Å². The molecule has 0 aliphatic heterocycles. The maximum atomic E-state index is 5.29. The van der Waals surface area contributed by atoms with E-state index in [1.807, 2.05) is 0 Å². The predicted molar refractivity (Wildman–Crippen MR) is 83.0 cm³/mol. The summed E-state index contributed by atoms with van der Waals surface area (Å²) in [6.45, 7) is 7.11. The Labute approximate surface area is 118 Å². The zero-order valence-electron chi connectivity index (χ0n) is 12.8. The molecule has 0 radical (unpaired) electrons. The van der Waals surface area contributed by atoms with Gasteiger partial charge in [-0.1, -0.05) is 26.0 Å². The third-order valence-electron chi connectivity index (χ3n) is 3.33. The van der Waals surface area contributed by atoms with Crippen molar-refractivity contribution in [3.8, 4) is 0 Å². The third-order valence-corrected chi connectivity index (χ3v) is 3.33. The summed E-state index contributed by atoms with van der Waals surface area (Å²) in [4.78, 5) is 2.28. The number of nitrogens with one attached hydrogen (secondary N) is 1. The lowest BCUT2D eigenvalue weighted by Crippen LogP contribution is -2.43. The van der Waals surface area contributed by atoms with E-state index in [4.69, 9.17) is 4.74 Å². The van der Waals surface area contributed by atoms with Crippen molar-refractivity contribution in [3.63, 3.8) is 0 Å². The smallest absolute Gasteiger partial charge is 0.0633 e. The fourth-order valence-corrected chi connectivity index (χ4v) is 2.15. The van der Waals surface area contributed by atoms with E-state index in [1.165, 1.54) is 11.3 Å². The van der Waals surface area contributed by atoms with Crippen molar-refractivity contribution in [2.24, 2.45) is 0 Å². The van der Waals surface area contributed by atoms with Crippen LogP contribution in [0.5, 0.6) is 0 Å². The quantitative estimate of drug-likeness (QED) is 0.742. The molecule has 3 nitrogen and oxygen atoms in total. The highest BCUT2D eigenvalue weighted by atomic mass is 16.5. The Morgan fingerprint density at radius 2 is 1.89 bits per heavy atom. The second-order valence-electron chi connectivity index (χ2n) is 5.01. The molecule has 0 heterocycles. The molecule has 0 bridgehead atoms. The van der Waals surface area contributed by atoms with Crippen LogP contribution < -0.4 is 10.2 Å². The largest absolute Gasteiger partial charge is 0.383 e. The molecular formula is C16H28N2O. The predicted octanol–water partition coefficient (Wildman–Crippen LogP) is 2.70. The number of hydrogen-bond acceptors (Lipinski definition) is 3. The van der Waals surface area contributed by atoms with Gasteiger partial charge >= 0.3 is 0 Å². The highest BCUT2D eigenvalue weighted by Gasteiger charge is 2.11. The number of methoxy groups -OCH3 is 1. The minimum Gasteiger partial charge on any atom is -0.383 e. The Hall–Kier alpha value is -1.06. The van der Waals surface area contributed by atoms with Crippen molar-refractivity contribution in [2.75, 3.05) is 38.8 Å². The Balaban J connectivity index is 2.55. The fourth-order valence-electron chi connectivity index (χ4n) is 2.15. The molecule has 0 aliphatic rings. The van der Waals surface area contributed by atoms with Crippen LogP contribution in [0.25, 0.3) is 0 Å². The lowest BCUT2D eigenvalue weighted by Gasteiger charge is -2.26. The SMILES string of the molecule is CCCNC(COC)CN(C)c1ccc(CC)cc1. The molecule has 108 valence electrons. The van der Waals surface area contributed by atoms with Crippen LogP contribution in [0.1, 0.15) is 25.8 Å². The van der Waals surface area contributed by atoms with Gasteiger partial charge in [-0.2, -0.15) is 0 Å². The van der Waals surface area contributed by atoms with Crippen molar-refractivity contribution in [3.05, 3.63) is 29.8 Å². The molecular weight excluding hydrogens is 236 g/mol. The molecule has 1 aromatic carbocycles. The Morgan fingerprint density at radius 3 is 2.42 bits per heavy atom. The maximum absolute atomic E-state index is 5.29. The average molecular weight is 264 g/mol. The lowest BCUT2D eigenvalue weighted by atomic mass is 10.1. The molecule has 0 aromatic heterocycles. The minimum atomic E-state index is 0.376. The molecule has 1 aromatic rings. The molecule has 0 amide bonds. The number of rotatable bonds is 9. The molecule has 1 rings (SSSR count). The summed E-state index contributed by atoms with van der Waals surface area (Å²) in [5, 5.41) is 3.53. The summed E-state index contributed by atoms with van der Waals surface area (Å²) in [6, 6.07) is 9.18. The third kappa shape index (κ3) is 5.62. The molecule has 3 heteroatoms. The van der Waals surface area contributed by atoms with Crippen LogP contribution in [0.2, 0.25) is 0 Å². The normalized spacial score (nSPS) is 12.4. The van der Waals surface area contributed by atoms with Crippen LogP contribution in [0.4, 0.5) is 5.69 Å². The molecule has 1 atom stereocenters. The lowest BCUT2D eigenvalue weighted by molar-refractivity contribution is 0.168. The van der Waals surface area contributed by atoms with Crippen LogP contribution in [0.3, 0.4) is 0 Å². The molecule has 0 saturated heterocycles. The van der Waals surface area contributed by atoms with Gasteiger partial charge in [-0.25, -0.2) is 0 Å². The molecule has 0 spiro atoms. The van der Waals surface area contributed by atoms with Gasteiger partial charge in [-0.15, -0.1) is 0 Å². The highest BCUT2D eigenvalue weighted by Crippen LogP contribution is 2.14. The summed E-state index contributed by atoms with van der Waals surface area (Å²) in [7, 11) is 3.90. The van der Waals surface area contributed by atoms with Crippen LogP contribution >= 0.6 is 0 Å². The van der Waals surface area contributed by atoms with E-state index in [0.717, 1.165) is 32.5 Å². The average Bonchev–Trinajstić information content (AvgIpc) is 2.45. The highest BCUT2D eigenvalue weighted by molar-refractivity contribution is 5.47. The second-order valence-corrected chi connectivity index (χ2v) is 5.01. The van der Waals surface area contributed by atoms with Gasteiger partial charge in [0.2, 0.25) is 0 Å². The summed E-state index contributed by atoms with van der Waals surface area (Å²) in [6.07, 6.45) is 2.24. The number of benzene rings is 1. The Kier molecular flexibility index (Phi) is 7.53. The number of hydrogen-bond donors (Lipinski definition) is 1. The molecule has 0 fully saturated rings. The Morgan fingerprint density at radius 1 is 1.21 bits per heavy atom. The van der Waals surface area contributed by atoms with E-state index in [1.54, 1.807) is 7.11 Å². The minimum absolute atomic E-state index is 0.376. The second kappa shape index (κ2) is 8.94. The fraction of sp³-hybridized carbons (Fsp3) is 0.625. The van der Waals surface area contributed by atoms with Crippen LogP contribution in [0, 0.1) is 0 Å². The van der Waals surface area contributed by atoms with Crippen molar-refractivity contribution in [1.29, 1.82) is 0 Å². The number of likely N-dealkylation sites (N-methyl/N-ethyl adjacent to an activating group) is 1. The number of anilines is 1. The standard InChI is InChI=1S/C16H28N2O/c1-5-11-17-15(13-19-4)12-18(3)16-9-7-14(6-2)8-10-16/h7-10,15,17H,5-6,11-13H2,1-4H3. The monoisotopic (exact) mass is 264 g/mol. The van der Waals surface area contributed by atoms with Gasteiger partial charge in [0.25, 0.3) is 0 Å². The van der Waals surface area contributed by atoms with Gasteiger partial charge in [0.1, 0.15) is 0 Å². The van der Waals surface area contributed by atoms with E-state index in [-0.39, 0.29) is 0 Å². The number of nitrogens with zero attached hydrogens (tertiary/aromatic N) is 1. The van der Waals surface area contributed by atoms with Gasteiger partial charge in [0.15, 0.2) is 0 Å². The van der Waals surface area contributed by atoms with E-state index in [2.05, 4.69) is 55.4 Å². The summed E-state index contributed by atoms with van der Waals surface area (Å²) < 4.78 is 5.29. The van der Waals surface area contributed by atoms with Crippen molar-refractivity contribution >= 4 is 5.69 Å². The first kappa shape index (κ1) is 16.0. The maximum Gasteiger partial charge on any atom is 0.0633 e. The van der Waals surface area contributed by atoms with E-state index < -0.39 is 0 Å². The van der Waals surface area contributed by atoms with E-state index >= 15 is 0 Å². The Bertz CT molecular complexity index is 337. The van der Waals surface area contributed by atoms with E-state index in [9.17, 15) is 0 Å². The first-order chi connectivity index (χ1) is 9.21. The number of aryl methyl sites for hydroxylation is 1. The molecule has 1 N–H and O–H groups in total. The van der Waals surface area contributed by atoms with E-state index in [0.29, 0.717) is 6.04 Å². The first-order valence-corrected chi connectivity index (χ1v) is 7.23. The van der Waals surface area contributed by atoms with Crippen LogP contribution in [-0.4, -0.2) is 39.9 Å². The summed E-state index contributed by atoms with van der Waals surface area (Å²) in [5.74, 6) is 0. The summed E-state index contributed by atoms with van der Waals surface area (Å²) in [5.41, 5.74) is 2.64. The van der Waals surface area contributed by atoms with Gasteiger partial charge < -0.3 is 15.0 Å². The van der Waals surface area contributed by atoms with Crippen molar-refractivity contribution in [2.45, 2.75) is 32.7 Å². The zero-order valence-corrected chi connectivity index (χ0v) is 12.8. The summed E-state index contributed by atoms with van der Waals surface area (Å²) >= 11 is 0. The number of ether oxygens (including phenoxy) is 1. The molecule has 0 saturated carbocycles. The van der Waals surface area contributed by atoms with Gasteiger partial charge in [-0.3, -0.25) is 0 Å². The first-order valence-electron chi connectivity index (χ1n) is 7.23. The topological polar surface area (TPSA) is 24.5 Å². The van der Waals surface area contributed by atoms with Gasteiger partial charge in [0.05, 0.1) is 6.61 Å².